The fraction of sp³-hybridized carbons (Fsp3) is 0.200. The lowest BCUT2D eigenvalue weighted by Gasteiger charge is -2.11. The molecule has 3 rings (SSSR count). The summed E-state index contributed by atoms with van der Waals surface area (Å²) >= 11 is 0. The number of aromatic nitrogens is 3. The topological polar surface area (TPSA) is 83.7 Å². The summed E-state index contributed by atoms with van der Waals surface area (Å²) in [6.07, 6.45) is -2.05. The Bertz CT molecular complexity index is 1100. The average molecular weight is 417 g/mol. The maximum Gasteiger partial charge on any atom is 0.433 e. The minimum absolute atomic E-state index is 0.0637. The number of benzene rings is 1. The number of pyridine rings is 1. The van der Waals surface area contributed by atoms with Gasteiger partial charge < -0.3 is 10.1 Å². The van der Waals surface area contributed by atoms with Crippen LogP contribution in [0.15, 0.2) is 42.9 Å². The van der Waals surface area contributed by atoms with Crippen LogP contribution in [-0.2, 0) is 12.6 Å². The number of nitriles is 1. The second kappa shape index (κ2) is 8.73. The van der Waals surface area contributed by atoms with Gasteiger partial charge in [-0.05, 0) is 31.0 Å². The van der Waals surface area contributed by atoms with Crippen LogP contribution in [0.4, 0.5) is 23.4 Å². The van der Waals surface area contributed by atoms with Crippen LogP contribution in [0.1, 0.15) is 22.5 Å². The first-order valence-corrected chi connectivity index (χ1v) is 8.73. The maximum absolute atomic E-state index is 14.4. The number of ether oxygens (including phenoxy) is 1. The third kappa shape index (κ3) is 5.00. The minimum Gasteiger partial charge on any atom is -0.457 e. The van der Waals surface area contributed by atoms with E-state index in [0.29, 0.717) is 29.9 Å². The van der Waals surface area contributed by atoms with Gasteiger partial charge in [0.1, 0.15) is 46.9 Å². The van der Waals surface area contributed by atoms with E-state index in [1.807, 2.05) is 6.07 Å². The van der Waals surface area contributed by atoms with Crippen LogP contribution in [0.2, 0.25) is 0 Å². The van der Waals surface area contributed by atoms with E-state index in [4.69, 9.17) is 10.00 Å². The van der Waals surface area contributed by atoms with Gasteiger partial charge in [0.15, 0.2) is 0 Å². The number of nitrogens with one attached hydrogen (secondary N) is 1. The van der Waals surface area contributed by atoms with Crippen molar-refractivity contribution in [2.24, 2.45) is 0 Å². The zero-order valence-corrected chi connectivity index (χ0v) is 15.7. The lowest BCUT2D eigenvalue weighted by atomic mass is 10.1. The monoisotopic (exact) mass is 417 g/mol. The third-order valence-corrected chi connectivity index (χ3v) is 4.16. The van der Waals surface area contributed by atoms with Crippen LogP contribution in [0.25, 0.3) is 0 Å². The molecule has 0 saturated carbocycles. The van der Waals surface area contributed by atoms with E-state index in [0.717, 1.165) is 18.3 Å². The molecule has 0 aliphatic rings. The van der Waals surface area contributed by atoms with Crippen molar-refractivity contribution in [3.63, 3.8) is 0 Å². The van der Waals surface area contributed by atoms with Crippen molar-refractivity contribution in [1.29, 1.82) is 5.26 Å². The summed E-state index contributed by atoms with van der Waals surface area (Å²) in [4.78, 5) is 11.1. The molecule has 6 nitrogen and oxygen atoms in total. The molecule has 2 aromatic heterocycles. The van der Waals surface area contributed by atoms with E-state index in [2.05, 4.69) is 20.3 Å². The number of hydrogen-bond donors (Lipinski definition) is 1. The maximum atomic E-state index is 14.4. The standard InChI is InChI=1S/C20H15F4N5O/c1-12-17(10-25)28-11-29-19(12)27-6-4-13-2-3-14(8-16(13)21)30-15-5-7-26-18(9-15)20(22,23)24/h2-3,5,7-9,11H,4,6H2,1H3,(H,27,28,29). The highest BCUT2D eigenvalue weighted by molar-refractivity contribution is 5.48. The molecular weight excluding hydrogens is 402 g/mol. The lowest BCUT2D eigenvalue weighted by Crippen LogP contribution is -2.10. The van der Waals surface area contributed by atoms with Crippen LogP contribution in [0.5, 0.6) is 11.5 Å². The van der Waals surface area contributed by atoms with Gasteiger partial charge in [0.25, 0.3) is 0 Å². The van der Waals surface area contributed by atoms with E-state index < -0.39 is 17.7 Å². The Morgan fingerprint density at radius 3 is 2.57 bits per heavy atom. The number of halogens is 4. The first-order chi connectivity index (χ1) is 14.3. The molecule has 0 fully saturated rings. The summed E-state index contributed by atoms with van der Waals surface area (Å²) in [5, 5.41) is 12.0. The van der Waals surface area contributed by atoms with Crippen molar-refractivity contribution >= 4 is 5.82 Å². The molecule has 1 aromatic carbocycles. The molecule has 0 aliphatic heterocycles. The predicted octanol–water partition coefficient (Wildman–Crippen LogP) is 4.66. The molecule has 0 radical (unpaired) electrons. The van der Waals surface area contributed by atoms with E-state index >= 15 is 0 Å². The van der Waals surface area contributed by atoms with E-state index in [1.165, 1.54) is 24.5 Å². The van der Waals surface area contributed by atoms with Gasteiger partial charge in [-0.1, -0.05) is 6.07 Å². The highest BCUT2D eigenvalue weighted by Crippen LogP contribution is 2.31. The molecule has 0 atom stereocenters. The molecule has 3 aromatic rings. The van der Waals surface area contributed by atoms with Gasteiger partial charge in [-0.15, -0.1) is 0 Å². The Balaban J connectivity index is 1.64. The minimum atomic E-state index is -4.60. The number of hydrogen-bond acceptors (Lipinski definition) is 6. The lowest BCUT2D eigenvalue weighted by molar-refractivity contribution is -0.141. The molecule has 0 aliphatic carbocycles. The fourth-order valence-electron chi connectivity index (χ4n) is 2.62. The molecule has 0 saturated heterocycles. The first kappa shape index (κ1) is 21.0. The van der Waals surface area contributed by atoms with Gasteiger partial charge in [-0.2, -0.15) is 18.4 Å². The molecule has 154 valence electrons. The van der Waals surface area contributed by atoms with E-state index in [9.17, 15) is 17.6 Å². The highest BCUT2D eigenvalue weighted by atomic mass is 19.4. The van der Waals surface area contributed by atoms with Crippen molar-refractivity contribution in [2.45, 2.75) is 19.5 Å². The summed E-state index contributed by atoms with van der Waals surface area (Å²) in [7, 11) is 0. The van der Waals surface area contributed by atoms with Crippen LogP contribution in [0, 0.1) is 24.1 Å². The largest absolute Gasteiger partial charge is 0.457 e. The molecule has 0 bridgehead atoms. The number of rotatable bonds is 6. The summed E-state index contributed by atoms with van der Waals surface area (Å²) in [5.41, 5.74) is 0.139. The molecule has 1 N–H and O–H groups in total. The summed E-state index contributed by atoms with van der Waals surface area (Å²) in [6, 6.07) is 8.02. The van der Waals surface area contributed by atoms with Crippen LogP contribution < -0.4 is 10.1 Å². The molecule has 0 unspecified atom stereocenters. The molecule has 30 heavy (non-hydrogen) atoms. The normalized spacial score (nSPS) is 11.1. The third-order valence-electron chi connectivity index (χ3n) is 4.16. The van der Waals surface area contributed by atoms with Gasteiger partial charge >= 0.3 is 6.18 Å². The quantitative estimate of drug-likeness (QED) is 0.588. The van der Waals surface area contributed by atoms with Crippen LogP contribution in [0.3, 0.4) is 0 Å². The smallest absolute Gasteiger partial charge is 0.433 e. The van der Waals surface area contributed by atoms with E-state index in [1.54, 1.807) is 6.92 Å². The highest BCUT2D eigenvalue weighted by Gasteiger charge is 2.32. The molecule has 10 heteroatoms. The van der Waals surface area contributed by atoms with Crippen molar-refractivity contribution < 1.29 is 22.3 Å². The Morgan fingerprint density at radius 1 is 1.10 bits per heavy atom. The SMILES string of the molecule is Cc1c(C#N)ncnc1NCCc1ccc(Oc2ccnc(C(F)(F)F)c2)cc1F. The average Bonchev–Trinajstić information content (AvgIpc) is 2.70. The van der Waals surface area contributed by atoms with Crippen molar-refractivity contribution in [3.05, 3.63) is 71.2 Å². The predicted molar refractivity (Wildman–Crippen MR) is 99.4 cm³/mol. The Kier molecular flexibility index (Phi) is 6.11. The number of nitrogens with zero attached hydrogens (tertiary/aromatic N) is 4. The summed E-state index contributed by atoms with van der Waals surface area (Å²) < 4.78 is 57.9. The van der Waals surface area contributed by atoms with Crippen LogP contribution >= 0.6 is 0 Å². The van der Waals surface area contributed by atoms with Gasteiger partial charge in [0.05, 0.1) is 0 Å². The summed E-state index contributed by atoms with van der Waals surface area (Å²) in [5.74, 6) is -0.107. The van der Waals surface area contributed by atoms with Gasteiger partial charge in [0, 0.05) is 30.4 Å². The van der Waals surface area contributed by atoms with Crippen LogP contribution in [-0.4, -0.2) is 21.5 Å². The first-order valence-electron chi connectivity index (χ1n) is 8.73. The Morgan fingerprint density at radius 2 is 1.87 bits per heavy atom. The van der Waals surface area contributed by atoms with E-state index in [-0.39, 0.29) is 17.2 Å². The number of anilines is 1. The molecular formula is C20H15F4N5O. The second-order valence-corrected chi connectivity index (χ2v) is 6.21. The Labute approximate surface area is 169 Å². The second-order valence-electron chi connectivity index (χ2n) is 6.21. The Hall–Kier alpha value is -3.74. The van der Waals surface area contributed by atoms with Gasteiger partial charge in [-0.25, -0.2) is 14.4 Å². The molecule has 0 spiro atoms. The van der Waals surface area contributed by atoms with Crippen molar-refractivity contribution in [1.82, 2.24) is 15.0 Å². The molecule has 0 amide bonds. The molecule has 2 heterocycles. The zero-order chi connectivity index (χ0) is 21.7. The van der Waals surface area contributed by atoms with Crippen molar-refractivity contribution in [3.8, 4) is 17.6 Å². The number of alkyl halides is 3. The summed E-state index contributed by atoms with van der Waals surface area (Å²) in [6.45, 7) is 2.05. The zero-order valence-electron chi connectivity index (χ0n) is 15.7. The van der Waals surface area contributed by atoms with Gasteiger partial charge in [0.2, 0.25) is 0 Å². The van der Waals surface area contributed by atoms with Crippen molar-refractivity contribution in [2.75, 3.05) is 11.9 Å². The van der Waals surface area contributed by atoms with Gasteiger partial charge in [-0.3, -0.25) is 4.98 Å². The fourth-order valence-corrected chi connectivity index (χ4v) is 2.62.